The van der Waals surface area contributed by atoms with E-state index in [0.29, 0.717) is 0 Å². The first-order valence-corrected chi connectivity index (χ1v) is 6.28. The summed E-state index contributed by atoms with van der Waals surface area (Å²) in [4.78, 5) is 55.2. The molecule has 0 rings (SSSR count). The number of carboxylic acids is 1. The molecule has 0 aromatic rings. The second kappa shape index (κ2) is 10.1. The maximum absolute atomic E-state index is 11.5. The van der Waals surface area contributed by atoms with Gasteiger partial charge in [-0.05, 0) is 6.92 Å². The average Bonchev–Trinajstić information content (AvgIpc) is 2.47. The van der Waals surface area contributed by atoms with E-state index in [-0.39, 0.29) is 13.1 Å². The highest BCUT2D eigenvalue weighted by Gasteiger charge is 2.16. The van der Waals surface area contributed by atoms with Crippen LogP contribution in [0.25, 0.3) is 0 Å². The molecule has 0 saturated carbocycles. The molecule has 0 bridgehead atoms. The van der Waals surface area contributed by atoms with Gasteiger partial charge in [-0.1, -0.05) is 0 Å². The molecular weight excluding hydrogens is 298 g/mol. The third-order valence-corrected chi connectivity index (χ3v) is 2.26. The van der Waals surface area contributed by atoms with Crippen LogP contribution in [0, 0.1) is 0 Å². The average molecular weight is 317 g/mol. The molecule has 0 saturated heterocycles. The molecule has 4 amide bonds. The van der Waals surface area contributed by atoms with Gasteiger partial charge in [-0.2, -0.15) is 0 Å². The molecule has 11 nitrogen and oxygen atoms in total. The van der Waals surface area contributed by atoms with Crippen LogP contribution in [-0.2, 0) is 24.0 Å². The molecule has 7 N–H and O–H groups in total. The Balaban J connectivity index is 3.97. The zero-order chi connectivity index (χ0) is 17.1. The number of nitrogens with one attached hydrogen (secondary N) is 4. The third-order valence-electron chi connectivity index (χ3n) is 2.26. The molecule has 0 aliphatic heterocycles. The predicted molar refractivity (Wildman–Crippen MR) is 73.3 cm³/mol. The number of hydrogen-bond donors (Lipinski definition) is 6. The van der Waals surface area contributed by atoms with Gasteiger partial charge in [0.1, 0.15) is 12.6 Å². The van der Waals surface area contributed by atoms with Crippen molar-refractivity contribution in [3.05, 3.63) is 0 Å². The fraction of sp³-hybridized carbons (Fsp3) is 0.545. The van der Waals surface area contributed by atoms with Crippen molar-refractivity contribution in [2.75, 3.05) is 26.2 Å². The Labute approximate surface area is 126 Å². The van der Waals surface area contributed by atoms with Gasteiger partial charge in [0.25, 0.3) is 0 Å². The molecule has 0 aromatic heterocycles. The smallest absolute Gasteiger partial charge is 0.322 e. The number of amides is 4. The number of carboxylic acid groups (broad SMARTS) is 1. The minimum atomic E-state index is -1.21. The largest absolute Gasteiger partial charge is 0.480 e. The standard InChI is InChI=1S/C11H19N5O6/c1-6(11(22)15-5-10(20)21)16-9(19)4-14-8(18)3-13-7(17)2-12/h6H,2-5,12H2,1H3,(H,13,17)(H,14,18)(H,15,22)(H,16,19)(H,20,21). The van der Waals surface area contributed by atoms with Crippen LogP contribution in [0.1, 0.15) is 6.92 Å². The molecule has 0 fully saturated rings. The van der Waals surface area contributed by atoms with Gasteiger partial charge in [0.15, 0.2) is 0 Å². The van der Waals surface area contributed by atoms with Crippen molar-refractivity contribution in [3.63, 3.8) is 0 Å². The van der Waals surface area contributed by atoms with Crippen molar-refractivity contribution in [3.8, 4) is 0 Å². The van der Waals surface area contributed by atoms with Gasteiger partial charge in [0.2, 0.25) is 23.6 Å². The number of carbonyl (C=O) groups is 5. The highest BCUT2D eigenvalue weighted by atomic mass is 16.4. The van der Waals surface area contributed by atoms with Crippen LogP contribution in [0.2, 0.25) is 0 Å². The molecule has 0 aliphatic carbocycles. The van der Waals surface area contributed by atoms with Gasteiger partial charge in [-0.25, -0.2) is 0 Å². The number of nitrogens with two attached hydrogens (primary N) is 1. The van der Waals surface area contributed by atoms with Crippen molar-refractivity contribution < 1.29 is 29.1 Å². The molecule has 0 aromatic carbocycles. The first-order valence-electron chi connectivity index (χ1n) is 6.28. The Morgan fingerprint density at radius 3 is 2.00 bits per heavy atom. The molecule has 22 heavy (non-hydrogen) atoms. The van der Waals surface area contributed by atoms with E-state index in [1.807, 2.05) is 0 Å². The summed E-state index contributed by atoms with van der Waals surface area (Å²) in [5, 5.41) is 17.2. The Morgan fingerprint density at radius 1 is 0.909 bits per heavy atom. The van der Waals surface area contributed by atoms with Gasteiger partial charge in [0, 0.05) is 0 Å². The molecule has 0 heterocycles. The van der Waals surface area contributed by atoms with Crippen molar-refractivity contribution in [1.29, 1.82) is 0 Å². The van der Waals surface area contributed by atoms with Crippen molar-refractivity contribution >= 4 is 29.6 Å². The number of hydrogen-bond acceptors (Lipinski definition) is 6. The van der Waals surface area contributed by atoms with Crippen molar-refractivity contribution in [2.45, 2.75) is 13.0 Å². The quantitative estimate of drug-likeness (QED) is 0.250. The fourth-order valence-electron chi connectivity index (χ4n) is 1.17. The summed E-state index contributed by atoms with van der Waals surface area (Å²) in [6, 6.07) is -0.958. The minimum absolute atomic E-state index is 0.253. The predicted octanol–water partition coefficient (Wildman–Crippen LogP) is -4.12. The van der Waals surface area contributed by atoms with Crippen LogP contribution in [-0.4, -0.2) is 66.9 Å². The summed E-state index contributed by atoms with van der Waals surface area (Å²) < 4.78 is 0. The van der Waals surface area contributed by atoms with E-state index in [0.717, 1.165) is 0 Å². The Kier molecular flexibility index (Phi) is 8.86. The highest BCUT2D eigenvalue weighted by Crippen LogP contribution is 1.82. The normalized spacial score (nSPS) is 11.0. The molecule has 1 atom stereocenters. The SMILES string of the molecule is CC(NC(=O)CNC(=O)CNC(=O)CN)C(=O)NCC(=O)O. The van der Waals surface area contributed by atoms with Crippen molar-refractivity contribution in [1.82, 2.24) is 21.3 Å². The van der Waals surface area contributed by atoms with Crippen LogP contribution < -0.4 is 27.0 Å². The summed E-state index contributed by atoms with van der Waals surface area (Å²) in [6.07, 6.45) is 0. The van der Waals surface area contributed by atoms with E-state index < -0.39 is 48.7 Å². The van der Waals surface area contributed by atoms with E-state index in [1.165, 1.54) is 6.92 Å². The summed E-state index contributed by atoms with van der Waals surface area (Å²) in [6.45, 7) is -0.169. The van der Waals surface area contributed by atoms with E-state index >= 15 is 0 Å². The Morgan fingerprint density at radius 2 is 1.45 bits per heavy atom. The molecule has 1 unspecified atom stereocenters. The molecular formula is C11H19N5O6. The molecule has 0 aliphatic rings. The number of aliphatic carboxylic acids is 1. The summed E-state index contributed by atoms with van der Waals surface area (Å²) in [5.74, 6) is -3.63. The lowest BCUT2D eigenvalue weighted by atomic mass is 10.3. The second-order valence-electron chi connectivity index (χ2n) is 4.16. The van der Waals surface area contributed by atoms with Crippen LogP contribution in [0.5, 0.6) is 0 Å². The van der Waals surface area contributed by atoms with E-state index in [1.54, 1.807) is 0 Å². The van der Waals surface area contributed by atoms with Gasteiger partial charge < -0.3 is 32.1 Å². The van der Waals surface area contributed by atoms with Gasteiger partial charge in [-0.3, -0.25) is 24.0 Å². The number of carbonyl (C=O) groups excluding carboxylic acids is 4. The number of rotatable bonds is 9. The summed E-state index contributed by atoms with van der Waals surface area (Å²) in [5.41, 5.74) is 5.02. The van der Waals surface area contributed by atoms with Gasteiger partial charge >= 0.3 is 5.97 Å². The maximum atomic E-state index is 11.5. The zero-order valence-corrected chi connectivity index (χ0v) is 12.0. The maximum Gasteiger partial charge on any atom is 0.322 e. The molecule has 0 radical (unpaired) electrons. The van der Waals surface area contributed by atoms with Crippen LogP contribution in [0.15, 0.2) is 0 Å². The van der Waals surface area contributed by atoms with Crippen LogP contribution >= 0.6 is 0 Å². The lowest BCUT2D eigenvalue weighted by Gasteiger charge is -2.13. The lowest BCUT2D eigenvalue weighted by Crippen LogP contribution is -2.49. The molecule has 124 valence electrons. The molecule has 11 heteroatoms. The van der Waals surface area contributed by atoms with Gasteiger partial charge in [0.05, 0.1) is 19.6 Å². The van der Waals surface area contributed by atoms with E-state index in [4.69, 9.17) is 10.8 Å². The highest BCUT2D eigenvalue weighted by molar-refractivity contribution is 5.91. The Bertz CT molecular complexity index is 452. The minimum Gasteiger partial charge on any atom is -0.480 e. The van der Waals surface area contributed by atoms with Crippen LogP contribution in [0.4, 0.5) is 0 Å². The first kappa shape index (κ1) is 19.3. The van der Waals surface area contributed by atoms with Crippen LogP contribution in [0.3, 0.4) is 0 Å². The first-order chi connectivity index (χ1) is 10.3. The molecule has 0 spiro atoms. The Hall–Kier alpha value is -2.69. The summed E-state index contributed by atoms with van der Waals surface area (Å²) >= 11 is 0. The lowest BCUT2D eigenvalue weighted by molar-refractivity contribution is -0.138. The van der Waals surface area contributed by atoms with E-state index in [9.17, 15) is 24.0 Å². The second-order valence-corrected chi connectivity index (χ2v) is 4.16. The monoisotopic (exact) mass is 317 g/mol. The topological polar surface area (TPSA) is 180 Å². The third kappa shape index (κ3) is 9.25. The van der Waals surface area contributed by atoms with Gasteiger partial charge in [-0.15, -0.1) is 0 Å². The summed E-state index contributed by atoms with van der Waals surface area (Å²) in [7, 11) is 0. The van der Waals surface area contributed by atoms with E-state index in [2.05, 4.69) is 21.3 Å². The fourth-order valence-corrected chi connectivity index (χ4v) is 1.17. The van der Waals surface area contributed by atoms with Crippen molar-refractivity contribution in [2.24, 2.45) is 5.73 Å². The zero-order valence-electron chi connectivity index (χ0n) is 12.0.